The predicted molar refractivity (Wildman–Crippen MR) is 94.6 cm³/mol. The number of hydrogen-bond donors (Lipinski definition) is 0. The fraction of sp³-hybridized carbons (Fsp3) is 0.438. The van der Waals surface area contributed by atoms with Crippen molar-refractivity contribution < 1.29 is 4.79 Å². The molecule has 118 valence electrons. The minimum Gasteiger partial charge on any atom is -0.300 e. The number of hydrogen-bond acceptors (Lipinski definition) is 4. The predicted octanol–water partition coefficient (Wildman–Crippen LogP) is 4.03. The van der Waals surface area contributed by atoms with E-state index in [0.717, 1.165) is 33.7 Å². The molecule has 0 spiro atoms. The number of Topliss-reactive ketones (excluding diaryl/α,β-unsaturated/α-hetero) is 1. The van der Waals surface area contributed by atoms with Crippen molar-refractivity contribution in [3.63, 3.8) is 0 Å². The second-order valence-electron chi connectivity index (χ2n) is 5.17. The highest BCUT2D eigenvalue weighted by atomic mass is 79.9. The Morgan fingerprint density at radius 3 is 2.86 bits per heavy atom. The molecule has 2 aromatic rings. The van der Waals surface area contributed by atoms with Crippen molar-refractivity contribution in [2.45, 2.75) is 44.8 Å². The average molecular weight is 383 g/mol. The highest BCUT2D eigenvalue weighted by Gasteiger charge is 2.11. The van der Waals surface area contributed by atoms with E-state index in [4.69, 9.17) is 0 Å². The second-order valence-corrected chi connectivity index (χ2v) is 7.14. The van der Waals surface area contributed by atoms with Gasteiger partial charge in [0.25, 0.3) is 5.56 Å². The monoisotopic (exact) mass is 382 g/mol. The molecule has 0 N–H and O–H groups in total. The van der Waals surface area contributed by atoms with Crippen molar-refractivity contribution >= 4 is 44.4 Å². The van der Waals surface area contributed by atoms with Crippen LogP contribution in [0, 0.1) is 0 Å². The Morgan fingerprint density at radius 1 is 1.41 bits per heavy atom. The van der Waals surface area contributed by atoms with Crippen LogP contribution in [0.5, 0.6) is 0 Å². The van der Waals surface area contributed by atoms with Crippen LogP contribution in [-0.2, 0) is 11.3 Å². The maximum absolute atomic E-state index is 12.7. The molecule has 0 saturated carbocycles. The summed E-state index contributed by atoms with van der Waals surface area (Å²) in [5.41, 5.74) is 0.719. The quantitative estimate of drug-likeness (QED) is 0.412. The molecular formula is C16H19BrN2O2S. The highest BCUT2D eigenvalue weighted by Crippen LogP contribution is 2.21. The Labute approximate surface area is 142 Å². The Morgan fingerprint density at radius 2 is 2.18 bits per heavy atom. The van der Waals surface area contributed by atoms with E-state index in [9.17, 15) is 9.59 Å². The highest BCUT2D eigenvalue weighted by molar-refractivity contribution is 9.10. The van der Waals surface area contributed by atoms with Crippen LogP contribution in [0.1, 0.15) is 33.1 Å². The molecule has 0 amide bonds. The van der Waals surface area contributed by atoms with E-state index in [1.165, 1.54) is 0 Å². The minimum absolute atomic E-state index is 0.00205. The molecule has 0 fully saturated rings. The lowest BCUT2D eigenvalue weighted by atomic mass is 10.2. The van der Waals surface area contributed by atoms with Gasteiger partial charge in [-0.1, -0.05) is 34.6 Å². The summed E-state index contributed by atoms with van der Waals surface area (Å²) in [7, 11) is 0. The van der Waals surface area contributed by atoms with E-state index >= 15 is 0 Å². The van der Waals surface area contributed by atoms with Gasteiger partial charge in [0.15, 0.2) is 5.16 Å². The zero-order valence-electron chi connectivity index (χ0n) is 12.8. The van der Waals surface area contributed by atoms with Gasteiger partial charge in [0.1, 0.15) is 5.78 Å². The maximum atomic E-state index is 12.7. The van der Waals surface area contributed by atoms with Gasteiger partial charge in [-0.3, -0.25) is 9.36 Å². The van der Waals surface area contributed by atoms with Gasteiger partial charge >= 0.3 is 0 Å². The lowest BCUT2D eigenvalue weighted by molar-refractivity contribution is -0.117. The number of fused-ring (bicyclic) bond motifs is 1. The summed E-state index contributed by atoms with van der Waals surface area (Å²) in [5.74, 6) is 0.987. The van der Waals surface area contributed by atoms with Crippen LogP contribution in [-0.4, -0.2) is 21.1 Å². The third-order valence-electron chi connectivity index (χ3n) is 3.23. The number of rotatable bonds is 7. The number of aromatic nitrogens is 2. The Balaban J connectivity index is 2.35. The lowest BCUT2D eigenvalue weighted by Crippen LogP contribution is -2.23. The molecule has 6 heteroatoms. The number of benzene rings is 1. The zero-order valence-corrected chi connectivity index (χ0v) is 15.2. The van der Waals surface area contributed by atoms with Crippen molar-refractivity contribution in [1.29, 1.82) is 0 Å². The van der Waals surface area contributed by atoms with Crippen LogP contribution in [0.4, 0.5) is 0 Å². The molecule has 0 saturated heterocycles. The van der Waals surface area contributed by atoms with Gasteiger partial charge in [0.2, 0.25) is 0 Å². The lowest BCUT2D eigenvalue weighted by Gasteiger charge is -2.12. The number of carbonyl (C=O) groups is 1. The molecule has 0 aliphatic rings. The van der Waals surface area contributed by atoms with Crippen LogP contribution in [0.3, 0.4) is 0 Å². The molecule has 1 heterocycles. The molecule has 4 nitrogen and oxygen atoms in total. The van der Waals surface area contributed by atoms with E-state index in [0.29, 0.717) is 18.4 Å². The van der Waals surface area contributed by atoms with Crippen molar-refractivity contribution in [2.75, 3.05) is 5.75 Å². The van der Waals surface area contributed by atoms with Crippen molar-refractivity contribution in [2.24, 2.45) is 0 Å². The summed E-state index contributed by atoms with van der Waals surface area (Å²) in [6.07, 6.45) is 2.26. The summed E-state index contributed by atoms with van der Waals surface area (Å²) >= 11 is 4.95. The number of halogens is 1. The van der Waals surface area contributed by atoms with Gasteiger partial charge in [-0.05, 0) is 38.0 Å². The molecule has 1 aromatic carbocycles. The van der Waals surface area contributed by atoms with Crippen molar-refractivity contribution in [3.8, 4) is 0 Å². The third kappa shape index (κ3) is 4.20. The summed E-state index contributed by atoms with van der Waals surface area (Å²) in [4.78, 5) is 28.3. The summed E-state index contributed by atoms with van der Waals surface area (Å²) in [5, 5.41) is 1.38. The van der Waals surface area contributed by atoms with Crippen LogP contribution >= 0.6 is 27.7 Å². The number of ketones is 1. The first-order valence-corrected chi connectivity index (χ1v) is 9.13. The third-order valence-corrected chi connectivity index (χ3v) is 4.79. The molecule has 0 bridgehead atoms. The first-order chi connectivity index (χ1) is 10.5. The van der Waals surface area contributed by atoms with Crippen LogP contribution in [0.15, 0.2) is 32.6 Å². The molecule has 2 rings (SSSR count). The summed E-state index contributed by atoms with van der Waals surface area (Å²) in [6, 6.07) is 5.57. The van der Waals surface area contributed by atoms with E-state index in [2.05, 4.69) is 20.9 Å². The molecule has 1 aromatic heterocycles. The van der Waals surface area contributed by atoms with E-state index in [1.54, 1.807) is 23.3 Å². The first-order valence-electron chi connectivity index (χ1n) is 7.35. The van der Waals surface area contributed by atoms with Gasteiger partial charge in [-0.15, -0.1) is 0 Å². The summed E-state index contributed by atoms with van der Waals surface area (Å²) < 4.78 is 2.62. The van der Waals surface area contributed by atoms with Gasteiger partial charge in [0.05, 0.1) is 10.9 Å². The van der Waals surface area contributed by atoms with Gasteiger partial charge in [-0.25, -0.2) is 4.98 Å². The largest absolute Gasteiger partial charge is 0.300 e. The number of thioether (sulfide) groups is 1. The Bertz CT molecular complexity index is 743. The normalized spacial score (nSPS) is 11.0. The van der Waals surface area contributed by atoms with Crippen LogP contribution < -0.4 is 5.56 Å². The Kier molecular flexibility index (Phi) is 6.20. The van der Waals surface area contributed by atoms with Gasteiger partial charge in [-0.2, -0.15) is 0 Å². The molecule has 0 radical (unpaired) electrons. The molecule has 0 unspecified atom stereocenters. The van der Waals surface area contributed by atoms with Gasteiger partial charge in [0, 0.05) is 23.2 Å². The first kappa shape index (κ1) is 17.2. The zero-order chi connectivity index (χ0) is 16.1. The average Bonchev–Trinajstić information content (AvgIpc) is 2.48. The number of carbonyl (C=O) groups excluding carboxylic acids is 1. The smallest absolute Gasteiger partial charge is 0.262 e. The summed E-state index contributed by atoms with van der Waals surface area (Å²) in [6.45, 7) is 4.30. The SMILES string of the molecule is CCCn1c(SCCCC(C)=O)nc2ccc(Br)cc2c1=O. The fourth-order valence-corrected chi connectivity index (χ4v) is 3.51. The van der Waals surface area contributed by atoms with E-state index in [-0.39, 0.29) is 11.3 Å². The maximum Gasteiger partial charge on any atom is 0.262 e. The van der Waals surface area contributed by atoms with Crippen molar-refractivity contribution in [1.82, 2.24) is 9.55 Å². The van der Waals surface area contributed by atoms with Crippen LogP contribution in [0.2, 0.25) is 0 Å². The van der Waals surface area contributed by atoms with Crippen molar-refractivity contribution in [3.05, 3.63) is 33.0 Å². The fourth-order valence-electron chi connectivity index (χ4n) is 2.19. The second kappa shape index (κ2) is 7.92. The van der Waals surface area contributed by atoms with Crippen LogP contribution in [0.25, 0.3) is 10.9 Å². The minimum atomic E-state index is 0.00205. The number of nitrogens with zero attached hydrogens (tertiary/aromatic N) is 2. The topological polar surface area (TPSA) is 52.0 Å². The standard InChI is InChI=1S/C16H19BrN2O2S/c1-3-8-19-15(21)13-10-12(17)6-7-14(13)18-16(19)22-9-4-5-11(2)20/h6-7,10H,3-5,8-9H2,1-2H3. The Hall–Kier alpha value is -1.14. The van der Waals surface area contributed by atoms with Gasteiger partial charge < -0.3 is 4.79 Å². The molecular weight excluding hydrogens is 364 g/mol. The van der Waals surface area contributed by atoms with E-state index < -0.39 is 0 Å². The molecule has 0 aliphatic heterocycles. The molecule has 0 atom stereocenters. The van der Waals surface area contributed by atoms with E-state index in [1.807, 2.05) is 25.1 Å². The molecule has 22 heavy (non-hydrogen) atoms. The molecule has 0 aliphatic carbocycles.